The molecule has 342 valence electrons. The molecule has 0 radical (unpaired) electrons. The van der Waals surface area contributed by atoms with Gasteiger partial charge in [0.15, 0.2) is 0 Å². The van der Waals surface area contributed by atoms with Crippen LogP contribution in [0.15, 0.2) is 243 Å². The molecule has 0 aliphatic carbocycles. The predicted octanol–water partition coefficient (Wildman–Crippen LogP) is 17.2. The van der Waals surface area contributed by atoms with Crippen molar-refractivity contribution in [2.45, 2.75) is 0 Å². The second-order valence-corrected chi connectivity index (χ2v) is 19.1. The van der Waals surface area contributed by atoms with E-state index < -0.39 is 0 Å². The summed E-state index contributed by atoms with van der Waals surface area (Å²) < 4.78 is 9.08. The Labute approximate surface area is 424 Å². The molecule has 0 spiro atoms. The molecule has 4 aromatic heterocycles. The summed E-state index contributed by atoms with van der Waals surface area (Å²) in [6, 6.07) is 90.8. The molecule has 0 amide bonds. The second kappa shape index (κ2) is 16.1. The molecule has 0 saturated carbocycles. The maximum absolute atomic E-state index is 10.9. The first-order chi connectivity index (χ1) is 36.6. The van der Waals surface area contributed by atoms with Gasteiger partial charge in [-0.15, -0.1) is 0 Å². The third-order valence-electron chi connectivity index (χ3n) is 15.2. The normalized spacial score (nSPS) is 11.8. The molecule has 4 heterocycles. The average molecular weight is 941 g/mol. The molecule has 15 aromatic rings. The SMILES string of the molecule is N#Cc1cc(C#N)c(-n2c3ccccc3c3cc(-c4ccc5c(c4)c4ccccc4n5-c4ccccc4)ccc32)cc1-n1c2ccccc2c2cc(-c3ccc4c(c3)c3ccccc3n4-c3ccccc3)ccc21. The number of hydrogen-bond donors (Lipinski definition) is 0. The standard InChI is InChI=1S/C68H40N6/c69-41-47-35-48(42-70)68(74-62-26-14-10-22-54(62)58-39-46(30-34-66(58)74)44-28-32-64-56(37-44)52-20-8-12-24-60(52)72(64)50-17-5-2-6-18-50)40-67(47)73-61-25-13-9-21-53(61)57-38-45(29-33-65(57)73)43-27-31-63-55(36-43)51-19-7-11-23-59(51)71(63)49-15-3-1-4-16-49/h1-40H. The fourth-order valence-electron chi connectivity index (χ4n) is 12.0. The number of rotatable bonds is 6. The second-order valence-electron chi connectivity index (χ2n) is 19.1. The summed E-state index contributed by atoms with van der Waals surface area (Å²) in [5.41, 5.74) is 17.5. The van der Waals surface area contributed by atoms with Gasteiger partial charge < -0.3 is 18.3 Å². The minimum atomic E-state index is 0.421. The molecule has 0 N–H and O–H groups in total. The van der Waals surface area contributed by atoms with Gasteiger partial charge in [-0.25, -0.2) is 0 Å². The van der Waals surface area contributed by atoms with Crippen LogP contribution < -0.4 is 0 Å². The van der Waals surface area contributed by atoms with E-state index in [1.54, 1.807) is 6.07 Å². The quantitative estimate of drug-likeness (QED) is 0.167. The molecule has 11 aromatic carbocycles. The van der Waals surface area contributed by atoms with Gasteiger partial charge in [-0.3, -0.25) is 0 Å². The number of nitriles is 2. The van der Waals surface area contributed by atoms with Crippen molar-refractivity contribution in [3.8, 4) is 57.1 Å². The van der Waals surface area contributed by atoms with Crippen molar-refractivity contribution in [3.63, 3.8) is 0 Å². The number of fused-ring (bicyclic) bond motifs is 12. The van der Waals surface area contributed by atoms with Crippen molar-refractivity contribution in [2.24, 2.45) is 0 Å². The van der Waals surface area contributed by atoms with E-state index in [2.05, 4.69) is 261 Å². The highest BCUT2D eigenvalue weighted by Gasteiger charge is 2.23. The van der Waals surface area contributed by atoms with Crippen molar-refractivity contribution >= 4 is 87.2 Å². The van der Waals surface area contributed by atoms with Crippen LogP contribution in [-0.2, 0) is 0 Å². The Morgan fingerprint density at radius 1 is 0.230 bits per heavy atom. The number of hydrogen-bond acceptors (Lipinski definition) is 2. The topological polar surface area (TPSA) is 67.3 Å². The van der Waals surface area contributed by atoms with Gasteiger partial charge in [-0.1, -0.05) is 133 Å². The number of para-hydroxylation sites is 6. The van der Waals surface area contributed by atoms with E-state index in [0.29, 0.717) is 22.5 Å². The Hall–Kier alpha value is -10.4. The fourth-order valence-corrected chi connectivity index (χ4v) is 12.0. The Morgan fingerprint density at radius 3 is 0.824 bits per heavy atom. The van der Waals surface area contributed by atoms with Gasteiger partial charge in [0.2, 0.25) is 0 Å². The third-order valence-corrected chi connectivity index (χ3v) is 15.2. The van der Waals surface area contributed by atoms with E-state index in [1.165, 1.54) is 32.6 Å². The first-order valence-electron chi connectivity index (χ1n) is 24.9. The van der Waals surface area contributed by atoms with Gasteiger partial charge in [0.05, 0.1) is 66.6 Å². The Balaban J connectivity index is 0.886. The summed E-state index contributed by atoms with van der Waals surface area (Å²) in [6.45, 7) is 0. The third kappa shape index (κ3) is 6.04. The smallest absolute Gasteiger partial charge is 0.101 e. The van der Waals surface area contributed by atoms with Gasteiger partial charge >= 0.3 is 0 Å². The van der Waals surface area contributed by atoms with Crippen LogP contribution in [0.3, 0.4) is 0 Å². The van der Waals surface area contributed by atoms with Gasteiger partial charge in [-0.2, -0.15) is 10.5 Å². The molecular formula is C68H40N6. The first kappa shape index (κ1) is 41.4. The highest BCUT2D eigenvalue weighted by molar-refractivity contribution is 6.15. The Bertz CT molecular complexity index is 4610. The summed E-state index contributed by atoms with van der Waals surface area (Å²) in [6.07, 6.45) is 0. The first-order valence-corrected chi connectivity index (χ1v) is 24.9. The largest absolute Gasteiger partial charge is 0.309 e. The summed E-state index contributed by atoms with van der Waals surface area (Å²) in [7, 11) is 0. The van der Waals surface area contributed by atoms with Crippen LogP contribution in [0.25, 0.3) is 132 Å². The van der Waals surface area contributed by atoms with Crippen LogP contribution in [0.1, 0.15) is 11.1 Å². The molecule has 6 nitrogen and oxygen atoms in total. The van der Waals surface area contributed by atoms with E-state index >= 15 is 0 Å². The Kier molecular flexibility index (Phi) is 8.99. The summed E-state index contributed by atoms with van der Waals surface area (Å²) >= 11 is 0. The predicted molar refractivity (Wildman–Crippen MR) is 304 cm³/mol. The van der Waals surface area contributed by atoms with E-state index in [1.807, 2.05) is 6.07 Å². The molecule has 0 aliphatic heterocycles. The van der Waals surface area contributed by atoms with Crippen LogP contribution in [0, 0.1) is 22.7 Å². The summed E-state index contributed by atoms with van der Waals surface area (Å²) in [4.78, 5) is 0. The molecule has 0 fully saturated rings. The lowest BCUT2D eigenvalue weighted by atomic mass is 10.0. The van der Waals surface area contributed by atoms with Gasteiger partial charge in [0.25, 0.3) is 0 Å². The average Bonchev–Trinajstić information content (AvgIpc) is 4.20. The highest BCUT2D eigenvalue weighted by Crippen LogP contribution is 2.42. The zero-order valence-electron chi connectivity index (χ0n) is 39.8. The molecule has 0 aliphatic rings. The lowest BCUT2D eigenvalue weighted by molar-refractivity contribution is 1.12. The zero-order chi connectivity index (χ0) is 49.0. The van der Waals surface area contributed by atoms with Crippen molar-refractivity contribution in [2.75, 3.05) is 0 Å². The van der Waals surface area contributed by atoms with Gasteiger partial charge in [-0.05, 0) is 131 Å². The number of benzene rings is 11. The molecule has 0 unspecified atom stereocenters. The zero-order valence-corrected chi connectivity index (χ0v) is 39.8. The number of aromatic nitrogens is 4. The molecular weight excluding hydrogens is 901 g/mol. The lowest BCUT2D eigenvalue weighted by Crippen LogP contribution is -2.04. The highest BCUT2D eigenvalue weighted by atomic mass is 15.0. The maximum Gasteiger partial charge on any atom is 0.101 e. The Morgan fingerprint density at radius 2 is 0.500 bits per heavy atom. The van der Waals surface area contributed by atoms with Gasteiger partial charge in [0, 0.05) is 54.5 Å². The van der Waals surface area contributed by atoms with Crippen molar-refractivity contribution in [1.82, 2.24) is 18.3 Å². The van der Waals surface area contributed by atoms with Crippen molar-refractivity contribution < 1.29 is 0 Å². The van der Waals surface area contributed by atoms with E-state index in [0.717, 1.165) is 88.3 Å². The van der Waals surface area contributed by atoms with Crippen LogP contribution in [0.2, 0.25) is 0 Å². The molecule has 0 atom stereocenters. The van der Waals surface area contributed by atoms with Crippen molar-refractivity contribution in [1.29, 1.82) is 10.5 Å². The van der Waals surface area contributed by atoms with Crippen LogP contribution in [0.4, 0.5) is 0 Å². The number of nitrogens with zero attached hydrogens (tertiary/aromatic N) is 6. The molecule has 15 rings (SSSR count). The van der Waals surface area contributed by atoms with E-state index in [9.17, 15) is 10.5 Å². The van der Waals surface area contributed by atoms with Crippen LogP contribution >= 0.6 is 0 Å². The van der Waals surface area contributed by atoms with Crippen molar-refractivity contribution in [3.05, 3.63) is 254 Å². The molecule has 6 heteroatoms. The minimum absolute atomic E-state index is 0.421. The molecule has 74 heavy (non-hydrogen) atoms. The fraction of sp³-hybridized carbons (Fsp3) is 0. The van der Waals surface area contributed by atoms with E-state index in [-0.39, 0.29) is 0 Å². The molecule has 0 bridgehead atoms. The summed E-state index contributed by atoms with van der Waals surface area (Å²) in [5, 5.41) is 30.9. The minimum Gasteiger partial charge on any atom is -0.309 e. The van der Waals surface area contributed by atoms with Gasteiger partial charge in [0.1, 0.15) is 12.1 Å². The monoisotopic (exact) mass is 940 g/mol. The maximum atomic E-state index is 10.9. The van der Waals surface area contributed by atoms with E-state index in [4.69, 9.17) is 0 Å². The lowest BCUT2D eigenvalue weighted by Gasteiger charge is -2.16. The van der Waals surface area contributed by atoms with Crippen LogP contribution in [-0.4, -0.2) is 18.3 Å². The summed E-state index contributed by atoms with van der Waals surface area (Å²) in [5.74, 6) is 0. The van der Waals surface area contributed by atoms with Crippen LogP contribution in [0.5, 0.6) is 0 Å². The molecule has 0 saturated heterocycles.